The van der Waals surface area contributed by atoms with Gasteiger partial charge in [0, 0.05) is 52.4 Å². The van der Waals surface area contributed by atoms with Crippen LogP contribution in [0.4, 0.5) is 15.9 Å². The summed E-state index contributed by atoms with van der Waals surface area (Å²) in [4.78, 5) is 24.7. The largest absolute Gasteiger partial charge is 0.366 e. The number of hydrogen-bond acceptors (Lipinski definition) is 4. The number of anilines is 2. The summed E-state index contributed by atoms with van der Waals surface area (Å²) in [5, 5.41) is 6.02. The molecule has 1 aliphatic rings. The smallest absolute Gasteiger partial charge is 0.227 e. The molecule has 7 nitrogen and oxygen atoms in total. The van der Waals surface area contributed by atoms with Gasteiger partial charge in [-0.1, -0.05) is 18.2 Å². The molecular weight excluding hydrogens is 498 g/mol. The third-order valence-electron chi connectivity index (χ3n) is 4.80. The van der Waals surface area contributed by atoms with Crippen molar-refractivity contribution in [3.05, 3.63) is 54.0 Å². The normalized spacial score (nSPS) is 14.2. The predicted octanol–water partition coefficient (Wildman–Crippen LogP) is 2.87. The summed E-state index contributed by atoms with van der Waals surface area (Å²) in [6.07, 6.45) is 2.03. The highest BCUT2D eigenvalue weighted by Gasteiger charge is 2.21. The van der Waals surface area contributed by atoms with Crippen LogP contribution in [0, 0.1) is 12.7 Å². The number of para-hydroxylation sites is 1. The zero-order valence-corrected chi connectivity index (χ0v) is 19.6. The summed E-state index contributed by atoms with van der Waals surface area (Å²) in [6.45, 7) is 5.30. The highest BCUT2D eigenvalue weighted by molar-refractivity contribution is 14.0. The molecule has 2 aromatic rings. The Kier molecular flexibility index (Phi) is 9.28. The lowest BCUT2D eigenvalue weighted by Gasteiger charge is -2.37. The number of hydrogen-bond donors (Lipinski definition) is 2. The van der Waals surface area contributed by atoms with E-state index in [4.69, 9.17) is 0 Å². The number of guanidine groups is 1. The van der Waals surface area contributed by atoms with Gasteiger partial charge in [-0.2, -0.15) is 0 Å². The first kappa shape index (κ1) is 23.8. The standard InChI is InChI=1S/C21H27FN6O.HI/c1-16-7-8-19(25-15-16)26-20(29)9-10-24-21(23-2)28-13-11-27(12-14-28)18-6-4-3-5-17(18)22;/h3-8,15H,9-14H2,1-2H3,(H,23,24)(H,25,26,29);1H. The van der Waals surface area contributed by atoms with Crippen LogP contribution in [-0.2, 0) is 4.79 Å². The average Bonchev–Trinajstić information content (AvgIpc) is 2.74. The van der Waals surface area contributed by atoms with Gasteiger partial charge >= 0.3 is 0 Å². The number of carbonyl (C=O) groups excluding carboxylic acids is 1. The van der Waals surface area contributed by atoms with Gasteiger partial charge in [0.1, 0.15) is 11.6 Å². The zero-order chi connectivity index (χ0) is 20.6. The highest BCUT2D eigenvalue weighted by atomic mass is 127. The summed E-state index contributed by atoms with van der Waals surface area (Å²) in [5.74, 6) is 1.000. The Bertz CT molecular complexity index is 853. The van der Waals surface area contributed by atoms with E-state index in [0.29, 0.717) is 37.6 Å². The molecule has 0 radical (unpaired) electrons. The monoisotopic (exact) mass is 526 g/mol. The van der Waals surface area contributed by atoms with Crippen molar-refractivity contribution in [2.75, 3.05) is 50.0 Å². The van der Waals surface area contributed by atoms with E-state index in [9.17, 15) is 9.18 Å². The van der Waals surface area contributed by atoms with E-state index in [-0.39, 0.29) is 35.7 Å². The lowest BCUT2D eigenvalue weighted by atomic mass is 10.2. The molecule has 2 N–H and O–H groups in total. The van der Waals surface area contributed by atoms with Crippen LogP contribution in [-0.4, -0.2) is 61.5 Å². The number of carbonyl (C=O) groups is 1. The first-order valence-corrected chi connectivity index (χ1v) is 9.74. The minimum atomic E-state index is -0.197. The van der Waals surface area contributed by atoms with E-state index < -0.39 is 0 Å². The molecule has 1 aromatic heterocycles. The van der Waals surface area contributed by atoms with Gasteiger partial charge < -0.3 is 20.4 Å². The number of aromatic nitrogens is 1. The van der Waals surface area contributed by atoms with Crippen LogP contribution in [0.3, 0.4) is 0 Å². The Morgan fingerprint density at radius 3 is 2.53 bits per heavy atom. The van der Waals surface area contributed by atoms with Crippen LogP contribution in [0.1, 0.15) is 12.0 Å². The third-order valence-corrected chi connectivity index (χ3v) is 4.80. The molecule has 30 heavy (non-hydrogen) atoms. The van der Waals surface area contributed by atoms with Crippen molar-refractivity contribution in [2.45, 2.75) is 13.3 Å². The fraction of sp³-hybridized carbons (Fsp3) is 0.381. The van der Waals surface area contributed by atoms with Crippen molar-refractivity contribution >= 4 is 47.3 Å². The second-order valence-electron chi connectivity index (χ2n) is 6.92. The van der Waals surface area contributed by atoms with Crippen LogP contribution in [0.15, 0.2) is 47.6 Å². The maximum Gasteiger partial charge on any atom is 0.227 e. The van der Waals surface area contributed by atoms with Crippen molar-refractivity contribution in [3.8, 4) is 0 Å². The Morgan fingerprint density at radius 1 is 1.17 bits per heavy atom. The Hall–Kier alpha value is -2.43. The highest BCUT2D eigenvalue weighted by Crippen LogP contribution is 2.20. The van der Waals surface area contributed by atoms with E-state index in [1.165, 1.54) is 6.07 Å². The van der Waals surface area contributed by atoms with Gasteiger partial charge in [0.25, 0.3) is 0 Å². The van der Waals surface area contributed by atoms with Crippen LogP contribution in [0.2, 0.25) is 0 Å². The molecule has 0 atom stereocenters. The first-order valence-electron chi connectivity index (χ1n) is 9.74. The number of benzene rings is 1. The van der Waals surface area contributed by atoms with Crippen molar-refractivity contribution in [1.82, 2.24) is 15.2 Å². The molecule has 9 heteroatoms. The molecule has 1 saturated heterocycles. The van der Waals surface area contributed by atoms with Crippen LogP contribution in [0.5, 0.6) is 0 Å². The van der Waals surface area contributed by atoms with Gasteiger partial charge in [-0.05, 0) is 30.7 Å². The molecule has 0 unspecified atom stereocenters. The number of aryl methyl sites for hydroxylation is 1. The fourth-order valence-electron chi connectivity index (χ4n) is 3.23. The maximum absolute atomic E-state index is 14.0. The minimum Gasteiger partial charge on any atom is -0.366 e. The van der Waals surface area contributed by atoms with Crippen molar-refractivity contribution in [1.29, 1.82) is 0 Å². The molecule has 1 aliphatic heterocycles. The minimum absolute atomic E-state index is 0. The number of nitrogens with one attached hydrogen (secondary N) is 2. The van der Waals surface area contributed by atoms with Crippen molar-refractivity contribution < 1.29 is 9.18 Å². The van der Waals surface area contributed by atoms with Crippen LogP contribution in [0.25, 0.3) is 0 Å². The Labute approximate surface area is 193 Å². The van der Waals surface area contributed by atoms with Gasteiger partial charge in [0.05, 0.1) is 5.69 Å². The number of halogens is 2. The van der Waals surface area contributed by atoms with Crippen LogP contribution < -0.4 is 15.5 Å². The zero-order valence-electron chi connectivity index (χ0n) is 17.3. The summed E-state index contributed by atoms with van der Waals surface area (Å²) in [7, 11) is 1.72. The quantitative estimate of drug-likeness (QED) is 0.356. The van der Waals surface area contributed by atoms with E-state index in [1.807, 2.05) is 24.0 Å². The lowest BCUT2D eigenvalue weighted by molar-refractivity contribution is -0.116. The topological polar surface area (TPSA) is 72.9 Å². The van der Waals surface area contributed by atoms with Gasteiger partial charge in [-0.25, -0.2) is 9.37 Å². The van der Waals surface area contributed by atoms with Gasteiger partial charge in [-0.15, -0.1) is 24.0 Å². The first-order chi connectivity index (χ1) is 14.1. The summed E-state index contributed by atoms with van der Waals surface area (Å²) < 4.78 is 14.0. The van der Waals surface area contributed by atoms with Crippen molar-refractivity contribution in [2.24, 2.45) is 4.99 Å². The molecule has 2 heterocycles. The van der Waals surface area contributed by atoms with E-state index in [0.717, 1.165) is 24.6 Å². The third kappa shape index (κ3) is 6.54. The van der Waals surface area contributed by atoms with E-state index in [1.54, 1.807) is 31.4 Å². The molecule has 0 aliphatic carbocycles. The van der Waals surface area contributed by atoms with E-state index >= 15 is 0 Å². The van der Waals surface area contributed by atoms with Gasteiger partial charge in [0.15, 0.2) is 5.96 Å². The number of piperazine rings is 1. The Balaban J connectivity index is 0.00000320. The van der Waals surface area contributed by atoms with Crippen molar-refractivity contribution in [3.63, 3.8) is 0 Å². The molecular formula is C21H28FIN6O. The number of pyridine rings is 1. The van der Waals surface area contributed by atoms with Gasteiger partial charge in [0.2, 0.25) is 5.91 Å². The fourth-order valence-corrected chi connectivity index (χ4v) is 3.23. The summed E-state index contributed by atoms with van der Waals surface area (Å²) in [6, 6.07) is 10.5. The molecule has 0 bridgehead atoms. The second kappa shape index (κ2) is 11.7. The average molecular weight is 526 g/mol. The number of amides is 1. The molecule has 162 valence electrons. The molecule has 3 rings (SSSR count). The van der Waals surface area contributed by atoms with Crippen LogP contribution >= 0.6 is 24.0 Å². The van der Waals surface area contributed by atoms with Gasteiger partial charge in [-0.3, -0.25) is 9.79 Å². The number of nitrogens with zero attached hydrogens (tertiary/aromatic N) is 4. The second-order valence-corrected chi connectivity index (χ2v) is 6.92. The molecule has 0 saturated carbocycles. The summed E-state index contributed by atoms with van der Waals surface area (Å²) >= 11 is 0. The lowest BCUT2D eigenvalue weighted by Crippen LogP contribution is -2.53. The molecule has 1 amide bonds. The predicted molar refractivity (Wildman–Crippen MR) is 129 cm³/mol. The molecule has 0 spiro atoms. The Morgan fingerprint density at radius 2 is 1.90 bits per heavy atom. The molecule has 1 aromatic carbocycles. The maximum atomic E-state index is 14.0. The summed E-state index contributed by atoms with van der Waals surface area (Å²) in [5.41, 5.74) is 1.68. The number of rotatable bonds is 5. The SMILES string of the molecule is CN=C(NCCC(=O)Nc1ccc(C)cn1)N1CCN(c2ccccc2F)CC1.I. The van der Waals surface area contributed by atoms with E-state index in [2.05, 4.69) is 25.5 Å². The number of aliphatic imine (C=N–C) groups is 1. The molecule has 1 fully saturated rings.